The first-order chi connectivity index (χ1) is 12.7. The number of nitrogens with one attached hydrogen (secondary N) is 1. The van der Waals surface area contributed by atoms with Gasteiger partial charge in [0.1, 0.15) is 11.5 Å². The fourth-order valence-corrected chi connectivity index (χ4v) is 2.71. The van der Waals surface area contributed by atoms with Gasteiger partial charge in [0.15, 0.2) is 6.61 Å². The molecule has 3 rings (SSSR count). The highest BCUT2D eigenvalue weighted by atomic mass is 35.5. The van der Waals surface area contributed by atoms with Gasteiger partial charge in [-0.2, -0.15) is 5.10 Å². The number of hydrogen-bond acceptors (Lipinski definition) is 4. The second kappa shape index (κ2) is 8.36. The van der Waals surface area contributed by atoms with Crippen molar-refractivity contribution in [2.75, 3.05) is 13.7 Å². The molecule has 0 spiro atoms. The molecule has 0 saturated heterocycles. The zero-order valence-electron chi connectivity index (χ0n) is 14.1. The van der Waals surface area contributed by atoms with E-state index in [2.05, 4.69) is 10.5 Å². The molecule has 26 heavy (non-hydrogen) atoms. The van der Waals surface area contributed by atoms with Gasteiger partial charge in [-0.15, -0.1) is 0 Å². The van der Waals surface area contributed by atoms with Crippen LogP contribution >= 0.6 is 11.6 Å². The molecule has 6 heteroatoms. The topological polar surface area (TPSA) is 59.9 Å². The first kappa shape index (κ1) is 17.8. The number of benzene rings is 3. The third kappa shape index (κ3) is 4.13. The lowest BCUT2D eigenvalue weighted by molar-refractivity contribution is -0.123. The van der Waals surface area contributed by atoms with Gasteiger partial charge in [-0.3, -0.25) is 4.79 Å². The van der Waals surface area contributed by atoms with Gasteiger partial charge in [-0.25, -0.2) is 5.43 Å². The van der Waals surface area contributed by atoms with Gasteiger partial charge in [0, 0.05) is 21.4 Å². The molecule has 3 aromatic carbocycles. The number of ether oxygens (including phenoxy) is 2. The van der Waals surface area contributed by atoms with Crippen molar-refractivity contribution in [1.29, 1.82) is 0 Å². The lowest BCUT2D eigenvalue weighted by Crippen LogP contribution is -2.24. The summed E-state index contributed by atoms with van der Waals surface area (Å²) in [5.41, 5.74) is 3.20. The number of rotatable bonds is 6. The summed E-state index contributed by atoms with van der Waals surface area (Å²) in [6.07, 6.45) is 1.52. The second-order valence-electron chi connectivity index (χ2n) is 5.41. The minimum atomic E-state index is -0.366. The predicted octanol–water partition coefficient (Wildman–Crippen LogP) is 4.03. The molecular weight excluding hydrogens is 352 g/mol. The van der Waals surface area contributed by atoms with E-state index in [4.69, 9.17) is 21.1 Å². The summed E-state index contributed by atoms with van der Waals surface area (Å²) in [5, 5.41) is 6.30. The van der Waals surface area contributed by atoms with Crippen LogP contribution in [0.15, 0.2) is 65.8 Å². The van der Waals surface area contributed by atoms with Crippen LogP contribution in [0.3, 0.4) is 0 Å². The maximum absolute atomic E-state index is 12.0. The quantitative estimate of drug-likeness (QED) is 0.528. The molecule has 5 nitrogen and oxygen atoms in total. The average molecular weight is 369 g/mol. The third-order valence-corrected chi connectivity index (χ3v) is 4.05. The zero-order valence-corrected chi connectivity index (χ0v) is 14.9. The predicted molar refractivity (Wildman–Crippen MR) is 103 cm³/mol. The zero-order chi connectivity index (χ0) is 18.4. The number of carbonyl (C=O) groups is 1. The van der Waals surface area contributed by atoms with Crippen LogP contribution in [0.5, 0.6) is 11.5 Å². The van der Waals surface area contributed by atoms with E-state index >= 15 is 0 Å². The van der Waals surface area contributed by atoms with Crippen LogP contribution in [0.25, 0.3) is 10.8 Å². The summed E-state index contributed by atoms with van der Waals surface area (Å²) in [5.74, 6) is 0.901. The molecule has 1 N–H and O–H groups in total. The number of methoxy groups -OCH3 is 1. The Balaban J connectivity index is 1.61. The van der Waals surface area contributed by atoms with Gasteiger partial charge in [0.05, 0.1) is 13.3 Å². The van der Waals surface area contributed by atoms with Crippen molar-refractivity contribution in [3.63, 3.8) is 0 Å². The second-order valence-corrected chi connectivity index (χ2v) is 5.82. The highest BCUT2D eigenvalue weighted by Crippen LogP contribution is 2.31. The van der Waals surface area contributed by atoms with E-state index in [0.29, 0.717) is 16.5 Å². The molecule has 132 valence electrons. The van der Waals surface area contributed by atoms with Gasteiger partial charge in [-0.05, 0) is 24.3 Å². The summed E-state index contributed by atoms with van der Waals surface area (Å²) in [6, 6.07) is 18.5. The SMILES string of the molecule is COc1ccccc1C=NNC(=O)COc1ccc(Cl)c2ccccc12. The van der Waals surface area contributed by atoms with E-state index in [-0.39, 0.29) is 12.5 Å². The van der Waals surface area contributed by atoms with Crippen LogP contribution in [0.1, 0.15) is 5.56 Å². The average Bonchev–Trinajstić information content (AvgIpc) is 2.68. The molecule has 0 saturated carbocycles. The van der Waals surface area contributed by atoms with Crippen LogP contribution in [-0.2, 0) is 4.79 Å². The standard InChI is InChI=1S/C20H17ClN2O3/c1-25-18-9-5-2-6-14(18)12-22-23-20(24)13-26-19-11-10-17(21)15-7-3-4-8-16(15)19/h2-12H,13H2,1H3,(H,23,24). The van der Waals surface area contributed by atoms with Crippen molar-refractivity contribution in [3.05, 3.63) is 71.2 Å². The normalized spacial score (nSPS) is 10.8. The van der Waals surface area contributed by atoms with Crippen molar-refractivity contribution in [1.82, 2.24) is 5.43 Å². The number of carbonyl (C=O) groups excluding carboxylic acids is 1. The number of nitrogens with zero attached hydrogens (tertiary/aromatic N) is 1. The van der Waals surface area contributed by atoms with E-state index in [1.807, 2.05) is 48.5 Å². The number of halogens is 1. The minimum Gasteiger partial charge on any atom is -0.496 e. The maximum atomic E-state index is 12.0. The van der Waals surface area contributed by atoms with Crippen molar-refractivity contribution in [3.8, 4) is 11.5 Å². The highest BCUT2D eigenvalue weighted by molar-refractivity contribution is 6.35. The molecule has 0 heterocycles. The molecule has 0 aromatic heterocycles. The Morgan fingerprint density at radius 3 is 2.58 bits per heavy atom. The monoisotopic (exact) mass is 368 g/mol. The third-order valence-electron chi connectivity index (χ3n) is 3.72. The molecule has 0 bridgehead atoms. The number of amides is 1. The summed E-state index contributed by atoms with van der Waals surface area (Å²) in [4.78, 5) is 12.0. The molecule has 0 radical (unpaired) electrons. The van der Waals surface area contributed by atoms with Crippen LogP contribution in [0.2, 0.25) is 5.02 Å². The summed E-state index contributed by atoms with van der Waals surface area (Å²) in [7, 11) is 1.58. The van der Waals surface area contributed by atoms with Gasteiger partial charge in [0.25, 0.3) is 5.91 Å². The lowest BCUT2D eigenvalue weighted by Gasteiger charge is -2.09. The molecule has 0 aliphatic carbocycles. The summed E-state index contributed by atoms with van der Waals surface area (Å²) >= 11 is 6.18. The highest BCUT2D eigenvalue weighted by Gasteiger charge is 2.07. The number of fused-ring (bicyclic) bond motifs is 1. The molecule has 1 amide bonds. The van der Waals surface area contributed by atoms with Gasteiger partial charge in [0.2, 0.25) is 0 Å². The molecule has 0 aliphatic rings. The number of hydrazone groups is 1. The van der Waals surface area contributed by atoms with E-state index in [1.54, 1.807) is 19.2 Å². The smallest absolute Gasteiger partial charge is 0.277 e. The first-order valence-electron chi connectivity index (χ1n) is 7.94. The molecular formula is C20H17ClN2O3. The van der Waals surface area contributed by atoms with E-state index in [9.17, 15) is 4.79 Å². The first-order valence-corrected chi connectivity index (χ1v) is 8.32. The van der Waals surface area contributed by atoms with Crippen molar-refractivity contribution in [2.45, 2.75) is 0 Å². The van der Waals surface area contributed by atoms with Crippen molar-refractivity contribution in [2.24, 2.45) is 5.10 Å². The number of para-hydroxylation sites is 1. The summed E-state index contributed by atoms with van der Waals surface area (Å²) in [6.45, 7) is -0.158. The van der Waals surface area contributed by atoms with Gasteiger partial charge < -0.3 is 9.47 Å². The minimum absolute atomic E-state index is 0.158. The van der Waals surface area contributed by atoms with Gasteiger partial charge in [-0.1, -0.05) is 48.0 Å². The van der Waals surface area contributed by atoms with Gasteiger partial charge >= 0.3 is 0 Å². The Hall–Kier alpha value is -3.05. The van der Waals surface area contributed by atoms with E-state index in [0.717, 1.165) is 16.3 Å². The van der Waals surface area contributed by atoms with Crippen molar-refractivity contribution < 1.29 is 14.3 Å². The number of hydrogen-bond donors (Lipinski definition) is 1. The van der Waals surface area contributed by atoms with Crippen molar-refractivity contribution >= 4 is 34.5 Å². The van der Waals surface area contributed by atoms with Crippen LogP contribution in [0, 0.1) is 0 Å². The van der Waals surface area contributed by atoms with Crippen LogP contribution in [-0.4, -0.2) is 25.8 Å². The Morgan fingerprint density at radius 2 is 1.77 bits per heavy atom. The molecule has 0 unspecified atom stereocenters. The Kier molecular flexibility index (Phi) is 5.71. The fraction of sp³-hybridized carbons (Fsp3) is 0.100. The van der Waals surface area contributed by atoms with E-state index < -0.39 is 0 Å². The maximum Gasteiger partial charge on any atom is 0.277 e. The molecule has 0 fully saturated rings. The Morgan fingerprint density at radius 1 is 1.04 bits per heavy atom. The molecule has 0 atom stereocenters. The fourth-order valence-electron chi connectivity index (χ4n) is 2.48. The Labute approximate surface area is 156 Å². The molecule has 3 aromatic rings. The summed E-state index contributed by atoms with van der Waals surface area (Å²) < 4.78 is 10.8. The Bertz CT molecular complexity index is 957. The van der Waals surface area contributed by atoms with Crippen LogP contribution < -0.4 is 14.9 Å². The molecule has 0 aliphatic heterocycles. The van der Waals surface area contributed by atoms with E-state index in [1.165, 1.54) is 6.21 Å². The lowest BCUT2D eigenvalue weighted by atomic mass is 10.1. The largest absolute Gasteiger partial charge is 0.496 e. The van der Waals surface area contributed by atoms with Crippen LogP contribution in [0.4, 0.5) is 0 Å².